The summed E-state index contributed by atoms with van der Waals surface area (Å²) < 4.78 is 0. The van der Waals surface area contributed by atoms with Crippen LogP contribution in [-0.2, 0) is 5.41 Å². The van der Waals surface area contributed by atoms with Crippen LogP contribution < -0.4 is 0 Å². The number of hydrogen-bond donors (Lipinski definition) is 0. The van der Waals surface area contributed by atoms with E-state index in [9.17, 15) is 5.26 Å². The third-order valence-corrected chi connectivity index (χ3v) is 3.72. The molecule has 1 aliphatic carbocycles. The lowest BCUT2D eigenvalue weighted by Crippen LogP contribution is -2.27. The molecule has 82 valence electrons. The van der Waals surface area contributed by atoms with E-state index in [1.54, 1.807) is 0 Å². The molecular weight excluding hydrogens is 194 g/mol. The summed E-state index contributed by atoms with van der Waals surface area (Å²) in [6, 6.07) is 10.3. The highest BCUT2D eigenvalue weighted by Gasteiger charge is 2.32. The van der Waals surface area contributed by atoms with Crippen LogP contribution in [0.4, 0.5) is 0 Å². The molecule has 1 aliphatic rings. The summed E-state index contributed by atoms with van der Waals surface area (Å²) in [6.07, 6.45) is 8.12. The highest BCUT2D eigenvalue weighted by Crippen LogP contribution is 2.41. The Morgan fingerprint density at radius 1 is 1.19 bits per heavy atom. The van der Waals surface area contributed by atoms with Crippen molar-refractivity contribution in [1.82, 2.24) is 0 Å². The Kier molecular flexibility index (Phi) is 3.10. The van der Waals surface area contributed by atoms with Gasteiger partial charge in [0.2, 0.25) is 0 Å². The number of nitriles is 1. The molecule has 0 aromatic heterocycles. The Morgan fingerprint density at radius 2 is 1.88 bits per heavy atom. The molecule has 2 rings (SSSR count). The van der Waals surface area contributed by atoms with E-state index in [1.807, 2.05) is 18.2 Å². The number of hydrogen-bond acceptors (Lipinski definition) is 1. The average molecular weight is 211 g/mol. The zero-order valence-electron chi connectivity index (χ0n) is 9.58. The molecule has 1 nitrogen and oxygen atoms in total. The molecular formula is C15H17N. The summed E-state index contributed by atoms with van der Waals surface area (Å²) >= 11 is 0. The second-order valence-electron chi connectivity index (χ2n) is 4.58. The molecule has 0 atom stereocenters. The van der Waals surface area contributed by atoms with Gasteiger partial charge in [-0.15, -0.1) is 6.58 Å². The fraction of sp³-hybridized carbons (Fsp3) is 0.400. The molecule has 0 spiro atoms. The van der Waals surface area contributed by atoms with Crippen molar-refractivity contribution in [2.45, 2.75) is 37.5 Å². The molecule has 1 aromatic carbocycles. The Labute approximate surface area is 97.4 Å². The van der Waals surface area contributed by atoms with Crippen molar-refractivity contribution in [1.29, 1.82) is 5.26 Å². The molecule has 1 aromatic rings. The van der Waals surface area contributed by atoms with E-state index in [2.05, 4.69) is 24.8 Å². The minimum atomic E-state index is 0.0462. The highest BCUT2D eigenvalue weighted by atomic mass is 14.4. The smallest absolute Gasteiger partial charge is 0.0994 e. The second kappa shape index (κ2) is 4.53. The van der Waals surface area contributed by atoms with Crippen molar-refractivity contribution in [2.75, 3.05) is 0 Å². The number of benzene rings is 1. The first kappa shape index (κ1) is 11.0. The summed E-state index contributed by atoms with van der Waals surface area (Å²) in [6.45, 7) is 4.00. The predicted molar refractivity (Wildman–Crippen MR) is 66.1 cm³/mol. The molecule has 0 saturated heterocycles. The maximum absolute atomic E-state index is 9.17. The fourth-order valence-electron chi connectivity index (χ4n) is 2.78. The molecule has 1 fully saturated rings. The summed E-state index contributed by atoms with van der Waals surface area (Å²) in [5.41, 5.74) is 2.03. The van der Waals surface area contributed by atoms with Crippen molar-refractivity contribution in [3.8, 4) is 6.07 Å². The topological polar surface area (TPSA) is 23.8 Å². The van der Waals surface area contributed by atoms with Gasteiger partial charge in [0.05, 0.1) is 11.6 Å². The Morgan fingerprint density at radius 3 is 2.50 bits per heavy atom. The van der Waals surface area contributed by atoms with Crippen LogP contribution in [0.15, 0.2) is 36.9 Å². The van der Waals surface area contributed by atoms with Gasteiger partial charge in [0.15, 0.2) is 0 Å². The van der Waals surface area contributed by atoms with E-state index in [0.29, 0.717) is 0 Å². The molecule has 0 aliphatic heterocycles. The van der Waals surface area contributed by atoms with Crippen LogP contribution in [0.1, 0.15) is 43.2 Å². The molecule has 1 heteroatoms. The van der Waals surface area contributed by atoms with E-state index in [0.717, 1.165) is 18.4 Å². The van der Waals surface area contributed by atoms with E-state index >= 15 is 0 Å². The van der Waals surface area contributed by atoms with Crippen molar-refractivity contribution >= 4 is 0 Å². The third-order valence-electron chi connectivity index (χ3n) is 3.72. The van der Waals surface area contributed by atoms with E-state index < -0.39 is 0 Å². The summed E-state index contributed by atoms with van der Waals surface area (Å²) in [5, 5.41) is 9.17. The lowest BCUT2D eigenvalue weighted by Gasteiger charge is -2.35. The molecule has 16 heavy (non-hydrogen) atoms. The van der Waals surface area contributed by atoms with Crippen LogP contribution >= 0.6 is 0 Å². The van der Waals surface area contributed by atoms with Gasteiger partial charge in [-0.3, -0.25) is 0 Å². The van der Waals surface area contributed by atoms with Gasteiger partial charge in [0, 0.05) is 5.41 Å². The minimum absolute atomic E-state index is 0.0462. The molecule has 0 unspecified atom stereocenters. The zero-order chi connectivity index (χ0) is 11.4. The summed E-state index contributed by atoms with van der Waals surface area (Å²) in [5.74, 6) is 0. The van der Waals surface area contributed by atoms with E-state index in [4.69, 9.17) is 0 Å². The first-order chi connectivity index (χ1) is 7.82. The van der Waals surface area contributed by atoms with Crippen molar-refractivity contribution in [3.63, 3.8) is 0 Å². The van der Waals surface area contributed by atoms with E-state index in [-0.39, 0.29) is 5.41 Å². The number of rotatable bonds is 2. The van der Waals surface area contributed by atoms with Crippen molar-refractivity contribution < 1.29 is 0 Å². The van der Waals surface area contributed by atoms with E-state index in [1.165, 1.54) is 24.8 Å². The van der Waals surface area contributed by atoms with Gasteiger partial charge in [-0.05, 0) is 24.5 Å². The van der Waals surface area contributed by atoms with Gasteiger partial charge in [-0.2, -0.15) is 5.26 Å². The monoisotopic (exact) mass is 211 g/mol. The van der Waals surface area contributed by atoms with Gasteiger partial charge in [-0.1, -0.05) is 43.5 Å². The van der Waals surface area contributed by atoms with Gasteiger partial charge in [0.25, 0.3) is 0 Å². The maximum Gasteiger partial charge on any atom is 0.0994 e. The molecule has 0 bridgehead atoms. The Bertz CT molecular complexity index is 419. The lowest BCUT2D eigenvalue weighted by atomic mass is 9.68. The van der Waals surface area contributed by atoms with Crippen LogP contribution in [0.2, 0.25) is 0 Å². The number of nitrogens with zero attached hydrogens (tertiary/aromatic N) is 1. The van der Waals surface area contributed by atoms with Crippen LogP contribution in [-0.4, -0.2) is 0 Å². The molecule has 1 saturated carbocycles. The maximum atomic E-state index is 9.17. The zero-order valence-corrected chi connectivity index (χ0v) is 9.58. The molecule has 0 amide bonds. The first-order valence-electron chi connectivity index (χ1n) is 5.95. The Hall–Kier alpha value is -1.55. The second-order valence-corrected chi connectivity index (χ2v) is 4.58. The third kappa shape index (κ3) is 1.76. The number of allylic oxidation sites excluding steroid dienone is 1. The van der Waals surface area contributed by atoms with Gasteiger partial charge >= 0.3 is 0 Å². The van der Waals surface area contributed by atoms with Crippen LogP contribution in [0, 0.1) is 11.3 Å². The Balaban J connectivity index is 2.47. The molecule has 0 radical (unpaired) electrons. The van der Waals surface area contributed by atoms with Crippen molar-refractivity contribution in [3.05, 3.63) is 48.0 Å². The quantitative estimate of drug-likeness (QED) is 0.679. The van der Waals surface area contributed by atoms with Gasteiger partial charge < -0.3 is 0 Å². The first-order valence-corrected chi connectivity index (χ1v) is 5.95. The molecule has 0 N–H and O–H groups in total. The van der Waals surface area contributed by atoms with Gasteiger partial charge in [-0.25, -0.2) is 0 Å². The fourth-order valence-corrected chi connectivity index (χ4v) is 2.78. The average Bonchev–Trinajstić information content (AvgIpc) is 2.39. The summed E-state index contributed by atoms with van der Waals surface area (Å²) in [7, 11) is 0. The van der Waals surface area contributed by atoms with Crippen LogP contribution in [0.25, 0.3) is 0 Å². The lowest BCUT2D eigenvalue weighted by molar-refractivity contribution is 0.357. The van der Waals surface area contributed by atoms with Gasteiger partial charge in [0.1, 0.15) is 0 Å². The van der Waals surface area contributed by atoms with Crippen LogP contribution in [0.5, 0.6) is 0 Å². The standard InChI is InChI=1S/C15H17N/c1-2-15(10-6-3-7-11-15)14-9-5-4-8-13(14)12-16/h2,4-5,8-9H,1,3,6-7,10-11H2. The van der Waals surface area contributed by atoms with Crippen molar-refractivity contribution in [2.24, 2.45) is 0 Å². The predicted octanol–water partition coefficient (Wildman–Crippen LogP) is 3.95. The highest BCUT2D eigenvalue weighted by molar-refractivity contribution is 5.44. The minimum Gasteiger partial charge on any atom is -0.192 e. The normalized spacial score (nSPS) is 18.7. The SMILES string of the molecule is C=CC1(c2ccccc2C#N)CCCCC1. The van der Waals surface area contributed by atoms with Crippen LogP contribution in [0.3, 0.4) is 0 Å². The summed E-state index contributed by atoms with van der Waals surface area (Å²) in [4.78, 5) is 0. The largest absolute Gasteiger partial charge is 0.192 e. The molecule has 0 heterocycles.